The van der Waals surface area contributed by atoms with Crippen molar-refractivity contribution >= 4 is 11.6 Å². The predicted octanol–water partition coefficient (Wildman–Crippen LogP) is 3.90. The number of benzene rings is 2. The molecule has 0 aliphatic carbocycles. The lowest BCUT2D eigenvalue weighted by molar-refractivity contribution is 0.557. The van der Waals surface area contributed by atoms with Gasteiger partial charge in [0.1, 0.15) is 11.6 Å². The van der Waals surface area contributed by atoms with Crippen LogP contribution in [0.15, 0.2) is 42.5 Å². The van der Waals surface area contributed by atoms with Crippen molar-refractivity contribution < 1.29 is 8.78 Å². The summed E-state index contributed by atoms with van der Waals surface area (Å²) < 4.78 is 27.0. The van der Waals surface area contributed by atoms with Crippen LogP contribution in [0.2, 0.25) is 5.02 Å². The van der Waals surface area contributed by atoms with Crippen LogP contribution in [0.3, 0.4) is 0 Å². The van der Waals surface area contributed by atoms with Crippen LogP contribution in [0.5, 0.6) is 0 Å². The van der Waals surface area contributed by atoms with Gasteiger partial charge in [-0.1, -0.05) is 23.7 Å². The predicted molar refractivity (Wildman–Crippen MR) is 73.3 cm³/mol. The molecule has 0 saturated heterocycles. The summed E-state index contributed by atoms with van der Waals surface area (Å²) in [4.78, 5) is 0. The topological polar surface area (TPSA) is 26.0 Å². The fraction of sp³-hybridized carbons (Fsp3) is 0.200. The molecule has 19 heavy (non-hydrogen) atoms. The van der Waals surface area contributed by atoms with Crippen molar-refractivity contribution in [1.82, 2.24) is 0 Å². The fourth-order valence-corrected chi connectivity index (χ4v) is 2.31. The smallest absolute Gasteiger partial charge is 0.126 e. The summed E-state index contributed by atoms with van der Waals surface area (Å²) in [6.45, 7) is 0.243. The van der Waals surface area contributed by atoms with Gasteiger partial charge in [0.15, 0.2) is 0 Å². The van der Waals surface area contributed by atoms with E-state index in [0.717, 1.165) is 17.7 Å². The van der Waals surface area contributed by atoms with Crippen LogP contribution >= 0.6 is 11.6 Å². The molecular formula is C15H14ClF2N. The zero-order valence-corrected chi connectivity index (χ0v) is 11.0. The molecule has 0 aromatic heterocycles. The molecule has 100 valence electrons. The highest BCUT2D eigenvalue weighted by Crippen LogP contribution is 2.24. The van der Waals surface area contributed by atoms with Crippen LogP contribution in [0.1, 0.15) is 17.0 Å². The third-order valence-electron chi connectivity index (χ3n) is 3.05. The molecule has 0 amide bonds. The lowest BCUT2D eigenvalue weighted by Gasteiger charge is -2.16. The first-order chi connectivity index (χ1) is 9.10. The number of hydrogen-bond acceptors (Lipinski definition) is 1. The van der Waals surface area contributed by atoms with E-state index in [1.807, 2.05) is 12.1 Å². The summed E-state index contributed by atoms with van der Waals surface area (Å²) in [5.74, 6) is -1.16. The largest absolute Gasteiger partial charge is 0.330 e. The van der Waals surface area contributed by atoms with Gasteiger partial charge in [-0.2, -0.15) is 0 Å². The first-order valence-electron chi connectivity index (χ1n) is 5.99. The van der Waals surface area contributed by atoms with Gasteiger partial charge in [0.25, 0.3) is 0 Å². The lowest BCUT2D eigenvalue weighted by atomic mass is 9.91. The van der Waals surface area contributed by atoms with Crippen LogP contribution in [0.25, 0.3) is 0 Å². The van der Waals surface area contributed by atoms with Crippen LogP contribution in [-0.4, -0.2) is 6.54 Å². The highest BCUT2D eigenvalue weighted by atomic mass is 35.5. The molecular weight excluding hydrogens is 268 g/mol. The Morgan fingerprint density at radius 3 is 2.58 bits per heavy atom. The minimum absolute atomic E-state index is 0.243. The molecule has 1 unspecified atom stereocenters. The Bertz CT molecular complexity index is 572. The first kappa shape index (κ1) is 14.0. The Hall–Kier alpha value is -1.45. The van der Waals surface area contributed by atoms with Crippen molar-refractivity contribution in [1.29, 1.82) is 0 Å². The zero-order chi connectivity index (χ0) is 13.8. The maximum Gasteiger partial charge on any atom is 0.126 e. The maximum absolute atomic E-state index is 13.7. The number of hydrogen-bond donors (Lipinski definition) is 1. The van der Waals surface area contributed by atoms with E-state index in [1.165, 1.54) is 6.07 Å². The van der Waals surface area contributed by atoms with Crippen LogP contribution in [-0.2, 0) is 6.42 Å². The van der Waals surface area contributed by atoms with Gasteiger partial charge in [-0.25, -0.2) is 8.78 Å². The molecule has 2 rings (SSSR count). The summed E-state index contributed by atoms with van der Waals surface area (Å²) in [7, 11) is 0. The van der Waals surface area contributed by atoms with Gasteiger partial charge < -0.3 is 5.73 Å². The molecule has 0 aliphatic heterocycles. The first-order valence-corrected chi connectivity index (χ1v) is 6.37. The standard InChI is InChI=1S/C15H14ClF2N/c16-12-3-1-2-10(7-12)6-11(9-19)14-8-13(17)4-5-15(14)18/h1-5,7-8,11H,6,9,19H2. The summed E-state index contributed by atoms with van der Waals surface area (Å²) in [6.07, 6.45) is 0.525. The second-order valence-electron chi connectivity index (χ2n) is 4.43. The van der Waals surface area contributed by atoms with E-state index in [4.69, 9.17) is 17.3 Å². The van der Waals surface area contributed by atoms with Crippen molar-refractivity contribution in [2.45, 2.75) is 12.3 Å². The molecule has 2 N–H and O–H groups in total. The quantitative estimate of drug-likeness (QED) is 0.904. The Balaban J connectivity index is 2.27. The minimum atomic E-state index is -0.457. The normalized spacial score (nSPS) is 12.4. The van der Waals surface area contributed by atoms with Crippen molar-refractivity contribution in [2.75, 3.05) is 6.54 Å². The maximum atomic E-state index is 13.7. The van der Waals surface area contributed by atoms with E-state index >= 15 is 0 Å². The molecule has 1 nitrogen and oxygen atoms in total. The number of nitrogens with two attached hydrogens (primary N) is 1. The second kappa shape index (κ2) is 6.13. The molecule has 0 aliphatic rings. The second-order valence-corrected chi connectivity index (χ2v) is 4.87. The Kier molecular flexibility index (Phi) is 4.51. The molecule has 0 bridgehead atoms. The van der Waals surface area contributed by atoms with E-state index in [0.29, 0.717) is 17.0 Å². The third-order valence-corrected chi connectivity index (χ3v) is 3.29. The van der Waals surface area contributed by atoms with E-state index in [9.17, 15) is 8.78 Å². The molecule has 0 fully saturated rings. The van der Waals surface area contributed by atoms with Crippen molar-refractivity contribution in [3.63, 3.8) is 0 Å². The summed E-state index contributed by atoms with van der Waals surface area (Å²) in [6, 6.07) is 10.7. The summed E-state index contributed by atoms with van der Waals surface area (Å²) in [5.41, 5.74) is 6.95. The van der Waals surface area contributed by atoms with Gasteiger partial charge in [-0.05, 0) is 54.4 Å². The van der Waals surface area contributed by atoms with Crippen LogP contribution in [0.4, 0.5) is 8.78 Å². The van der Waals surface area contributed by atoms with E-state index < -0.39 is 11.6 Å². The van der Waals surface area contributed by atoms with Gasteiger partial charge in [0.05, 0.1) is 0 Å². The zero-order valence-electron chi connectivity index (χ0n) is 10.2. The van der Waals surface area contributed by atoms with Gasteiger partial charge in [0.2, 0.25) is 0 Å². The molecule has 0 heterocycles. The van der Waals surface area contributed by atoms with Crippen molar-refractivity contribution in [3.8, 4) is 0 Å². The summed E-state index contributed by atoms with van der Waals surface area (Å²) >= 11 is 5.91. The number of rotatable bonds is 4. The monoisotopic (exact) mass is 281 g/mol. The van der Waals surface area contributed by atoms with Crippen molar-refractivity contribution in [2.24, 2.45) is 5.73 Å². The molecule has 0 spiro atoms. The van der Waals surface area contributed by atoms with Crippen molar-refractivity contribution in [3.05, 3.63) is 70.2 Å². The number of halogens is 3. The molecule has 1 atom stereocenters. The average molecular weight is 282 g/mol. The van der Waals surface area contributed by atoms with Gasteiger partial charge in [-0.3, -0.25) is 0 Å². The van der Waals surface area contributed by atoms with Crippen LogP contribution in [0, 0.1) is 11.6 Å². The molecule has 0 radical (unpaired) electrons. The Morgan fingerprint density at radius 1 is 1.11 bits per heavy atom. The van der Waals surface area contributed by atoms with E-state index in [-0.39, 0.29) is 12.5 Å². The summed E-state index contributed by atoms with van der Waals surface area (Å²) in [5, 5.41) is 0.619. The Morgan fingerprint density at radius 2 is 1.89 bits per heavy atom. The Labute approximate surface area is 116 Å². The molecule has 0 saturated carbocycles. The SMILES string of the molecule is NCC(Cc1cccc(Cl)c1)c1cc(F)ccc1F. The minimum Gasteiger partial charge on any atom is -0.330 e. The van der Waals surface area contributed by atoms with E-state index in [2.05, 4.69) is 0 Å². The lowest BCUT2D eigenvalue weighted by Crippen LogP contribution is -2.16. The fourth-order valence-electron chi connectivity index (χ4n) is 2.10. The molecule has 2 aromatic rings. The van der Waals surface area contributed by atoms with Gasteiger partial charge in [0, 0.05) is 10.9 Å². The van der Waals surface area contributed by atoms with Crippen LogP contribution < -0.4 is 5.73 Å². The van der Waals surface area contributed by atoms with E-state index in [1.54, 1.807) is 12.1 Å². The third kappa shape index (κ3) is 3.52. The highest BCUT2D eigenvalue weighted by Gasteiger charge is 2.16. The molecule has 4 heteroatoms. The molecule has 2 aromatic carbocycles. The average Bonchev–Trinajstić information content (AvgIpc) is 2.39. The van der Waals surface area contributed by atoms with Gasteiger partial charge in [-0.15, -0.1) is 0 Å². The van der Waals surface area contributed by atoms with Gasteiger partial charge >= 0.3 is 0 Å². The highest BCUT2D eigenvalue weighted by molar-refractivity contribution is 6.30.